The molecule has 4 rings (SSSR count). The highest BCUT2D eigenvalue weighted by molar-refractivity contribution is 7.10. The highest BCUT2D eigenvalue weighted by Gasteiger charge is 2.34. The number of amides is 3. The van der Waals surface area contributed by atoms with E-state index in [0.29, 0.717) is 34.6 Å². The average molecular weight is 532 g/mol. The minimum Gasteiger partial charge on any atom is -0.491 e. The van der Waals surface area contributed by atoms with Crippen LogP contribution in [0.3, 0.4) is 0 Å². The van der Waals surface area contributed by atoms with E-state index in [1.165, 1.54) is 9.78 Å². The third-order valence-corrected chi connectivity index (χ3v) is 7.39. The molecule has 6 nitrogen and oxygen atoms in total. The molecule has 2 aromatic carbocycles. The molecular formula is C26H27Cl2N3O3S. The molecule has 1 aliphatic heterocycles. The third-order valence-electron chi connectivity index (χ3n) is 5.90. The normalized spacial score (nSPS) is 15.0. The fourth-order valence-electron chi connectivity index (χ4n) is 4.07. The van der Waals surface area contributed by atoms with E-state index in [4.69, 9.17) is 27.9 Å². The molecule has 3 amide bonds. The third kappa shape index (κ3) is 6.28. The number of carbonyl (C=O) groups excluding carboxylic acids is 2. The summed E-state index contributed by atoms with van der Waals surface area (Å²) >= 11 is 13.7. The van der Waals surface area contributed by atoms with Crippen molar-refractivity contribution in [2.24, 2.45) is 0 Å². The van der Waals surface area contributed by atoms with Crippen molar-refractivity contribution in [3.63, 3.8) is 0 Å². The van der Waals surface area contributed by atoms with Crippen LogP contribution in [0.15, 0.2) is 60.0 Å². The fourth-order valence-corrected chi connectivity index (χ4v) is 5.31. The molecule has 0 bridgehead atoms. The zero-order valence-electron chi connectivity index (χ0n) is 19.5. The van der Waals surface area contributed by atoms with Crippen LogP contribution in [0.2, 0.25) is 10.0 Å². The number of hydrogen-bond donors (Lipinski definition) is 1. The lowest BCUT2D eigenvalue weighted by molar-refractivity contribution is -0.135. The first-order valence-electron chi connectivity index (χ1n) is 11.4. The van der Waals surface area contributed by atoms with Crippen LogP contribution in [0.25, 0.3) is 0 Å². The second kappa shape index (κ2) is 11.3. The van der Waals surface area contributed by atoms with Gasteiger partial charge in [-0.05, 0) is 79.7 Å². The Morgan fingerprint density at radius 3 is 2.63 bits per heavy atom. The minimum absolute atomic E-state index is 0.0407. The van der Waals surface area contributed by atoms with Gasteiger partial charge >= 0.3 is 6.03 Å². The molecule has 0 aliphatic carbocycles. The Morgan fingerprint density at radius 1 is 1.14 bits per heavy atom. The molecular weight excluding hydrogens is 505 g/mol. The molecule has 1 aromatic heterocycles. The van der Waals surface area contributed by atoms with Crippen LogP contribution < -0.4 is 10.1 Å². The maximum absolute atomic E-state index is 13.5. The topological polar surface area (TPSA) is 61.9 Å². The van der Waals surface area contributed by atoms with Crippen molar-refractivity contribution < 1.29 is 14.3 Å². The molecule has 1 atom stereocenters. The van der Waals surface area contributed by atoms with Crippen molar-refractivity contribution in [2.75, 3.05) is 25.0 Å². The molecule has 9 heteroatoms. The molecule has 35 heavy (non-hydrogen) atoms. The zero-order chi connectivity index (χ0) is 24.9. The van der Waals surface area contributed by atoms with Crippen molar-refractivity contribution in [1.82, 2.24) is 9.80 Å². The monoisotopic (exact) mass is 531 g/mol. The first-order valence-corrected chi connectivity index (χ1v) is 13.0. The summed E-state index contributed by atoms with van der Waals surface area (Å²) in [5.41, 5.74) is 1.68. The van der Waals surface area contributed by atoms with Crippen molar-refractivity contribution in [1.29, 1.82) is 0 Å². The van der Waals surface area contributed by atoms with E-state index >= 15 is 0 Å². The summed E-state index contributed by atoms with van der Waals surface area (Å²) in [4.78, 5) is 31.2. The van der Waals surface area contributed by atoms with Gasteiger partial charge in [-0.25, -0.2) is 4.79 Å². The molecule has 2 heterocycles. The molecule has 184 valence electrons. The summed E-state index contributed by atoms with van der Waals surface area (Å²) in [6.07, 6.45) is 0.784. The lowest BCUT2D eigenvalue weighted by Crippen LogP contribution is -2.50. The number of halogens is 2. The van der Waals surface area contributed by atoms with E-state index in [0.717, 1.165) is 12.0 Å². The Morgan fingerprint density at radius 2 is 1.91 bits per heavy atom. The number of ether oxygens (including phenoxy) is 1. The van der Waals surface area contributed by atoms with Gasteiger partial charge in [0.1, 0.15) is 18.9 Å². The number of urea groups is 1. The maximum atomic E-state index is 13.5. The first-order chi connectivity index (χ1) is 16.8. The van der Waals surface area contributed by atoms with Gasteiger partial charge in [-0.1, -0.05) is 29.3 Å². The van der Waals surface area contributed by atoms with E-state index < -0.39 is 0 Å². The van der Waals surface area contributed by atoms with Crippen LogP contribution in [0, 0.1) is 0 Å². The summed E-state index contributed by atoms with van der Waals surface area (Å²) in [5, 5.41) is 6.05. The Labute approximate surface area is 219 Å². The van der Waals surface area contributed by atoms with Crippen LogP contribution in [0.5, 0.6) is 5.75 Å². The number of nitrogens with zero attached hydrogens (tertiary/aromatic N) is 2. The number of rotatable bonds is 7. The molecule has 0 saturated carbocycles. The SMILES string of the molecule is CC(C)N(CC(=O)N1CCc2sccc2[C@H]1COc1ccc(Cl)cc1)C(=O)Nc1cccc(Cl)c1. The Hall–Kier alpha value is -2.74. The van der Waals surface area contributed by atoms with Crippen molar-refractivity contribution in [2.45, 2.75) is 32.4 Å². The first kappa shape index (κ1) is 25.4. The molecule has 0 spiro atoms. The van der Waals surface area contributed by atoms with E-state index in [2.05, 4.69) is 11.4 Å². The van der Waals surface area contributed by atoms with Crippen LogP contribution in [-0.2, 0) is 11.2 Å². The van der Waals surface area contributed by atoms with Crippen LogP contribution in [-0.4, -0.2) is 47.5 Å². The smallest absolute Gasteiger partial charge is 0.322 e. The van der Waals surface area contributed by atoms with Crippen LogP contribution >= 0.6 is 34.5 Å². The van der Waals surface area contributed by atoms with E-state index in [-0.39, 0.29) is 30.6 Å². The number of anilines is 1. The zero-order valence-corrected chi connectivity index (χ0v) is 21.9. The van der Waals surface area contributed by atoms with E-state index in [9.17, 15) is 9.59 Å². The lowest BCUT2D eigenvalue weighted by Gasteiger charge is -2.37. The lowest BCUT2D eigenvalue weighted by atomic mass is 10.0. The Balaban J connectivity index is 1.48. The van der Waals surface area contributed by atoms with Gasteiger partial charge < -0.3 is 19.9 Å². The number of fused-ring (bicyclic) bond motifs is 1. The van der Waals surface area contributed by atoms with Crippen LogP contribution in [0.1, 0.15) is 30.3 Å². The van der Waals surface area contributed by atoms with Crippen LogP contribution in [0.4, 0.5) is 10.5 Å². The molecule has 3 aromatic rings. The Bertz CT molecular complexity index is 1180. The fraction of sp³-hybridized carbons (Fsp3) is 0.308. The van der Waals surface area contributed by atoms with Gasteiger partial charge in [0.15, 0.2) is 0 Å². The quantitative estimate of drug-likeness (QED) is 0.378. The number of benzene rings is 2. The van der Waals surface area contributed by atoms with Gasteiger partial charge in [0, 0.05) is 33.2 Å². The molecule has 0 unspecified atom stereocenters. The number of carbonyl (C=O) groups is 2. The van der Waals surface area contributed by atoms with Gasteiger partial charge in [0.05, 0.1) is 6.04 Å². The largest absolute Gasteiger partial charge is 0.491 e. The van der Waals surface area contributed by atoms with Gasteiger partial charge in [0.25, 0.3) is 0 Å². The Kier molecular flexibility index (Phi) is 8.21. The maximum Gasteiger partial charge on any atom is 0.322 e. The van der Waals surface area contributed by atoms with Crippen molar-refractivity contribution >= 4 is 52.2 Å². The number of hydrogen-bond acceptors (Lipinski definition) is 4. The molecule has 0 radical (unpaired) electrons. The summed E-state index contributed by atoms with van der Waals surface area (Å²) in [6.45, 7) is 4.62. The number of nitrogens with one attached hydrogen (secondary N) is 1. The predicted molar refractivity (Wildman–Crippen MR) is 142 cm³/mol. The van der Waals surface area contributed by atoms with Gasteiger partial charge in [-0.15, -0.1) is 11.3 Å². The van der Waals surface area contributed by atoms with Crippen molar-refractivity contribution in [3.8, 4) is 5.75 Å². The molecule has 0 fully saturated rings. The van der Waals surface area contributed by atoms with E-state index in [1.807, 2.05) is 36.3 Å². The van der Waals surface area contributed by atoms with E-state index in [1.54, 1.807) is 47.7 Å². The molecule has 1 aliphatic rings. The van der Waals surface area contributed by atoms with Gasteiger partial charge in [-0.2, -0.15) is 0 Å². The number of thiophene rings is 1. The van der Waals surface area contributed by atoms with Gasteiger partial charge in [-0.3, -0.25) is 4.79 Å². The second-order valence-electron chi connectivity index (χ2n) is 8.58. The minimum atomic E-state index is -0.349. The predicted octanol–water partition coefficient (Wildman–Crippen LogP) is 6.50. The summed E-state index contributed by atoms with van der Waals surface area (Å²) in [6, 6.07) is 15.4. The standard InChI is InChI=1S/C26H27Cl2N3O3S/c1-17(2)31(26(33)29-20-5-3-4-19(28)14-20)15-25(32)30-12-10-24-22(11-13-35-24)23(30)16-34-21-8-6-18(27)7-9-21/h3-9,11,13-14,17,23H,10,12,15-16H2,1-2H3,(H,29,33)/t23-/m1/s1. The summed E-state index contributed by atoms with van der Waals surface area (Å²) in [5.74, 6) is 0.565. The van der Waals surface area contributed by atoms with Crippen molar-refractivity contribution in [3.05, 3.63) is 80.5 Å². The highest BCUT2D eigenvalue weighted by Crippen LogP contribution is 2.34. The molecule has 1 N–H and O–H groups in total. The highest BCUT2D eigenvalue weighted by atomic mass is 35.5. The average Bonchev–Trinajstić information content (AvgIpc) is 3.31. The van der Waals surface area contributed by atoms with Gasteiger partial charge in [0.2, 0.25) is 5.91 Å². The summed E-state index contributed by atoms with van der Waals surface area (Å²) in [7, 11) is 0. The summed E-state index contributed by atoms with van der Waals surface area (Å²) < 4.78 is 6.04. The second-order valence-corrected chi connectivity index (χ2v) is 10.5. The molecule has 0 saturated heterocycles.